The minimum absolute atomic E-state index is 0.568. The van der Waals surface area contributed by atoms with Gasteiger partial charge in [0.2, 0.25) is 0 Å². The van der Waals surface area contributed by atoms with Crippen LogP contribution in [0.3, 0.4) is 0 Å². The minimum Gasteiger partial charge on any atom is -0.454 e. The first kappa shape index (κ1) is 11.7. The molecular weight excluding hydrogens is 262 g/mol. The average molecular weight is 273 g/mol. The fourth-order valence-corrected chi connectivity index (χ4v) is 2.60. The second kappa shape index (κ2) is 4.22. The number of hydrogen-bond donors (Lipinski definition) is 0. The van der Waals surface area contributed by atoms with Crippen molar-refractivity contribution in [2.75, 3.05) is 0 Å². The average Bonchev–Trinajstić information content (AvgIpc) is 2.84. The summed E-state index contributed by atoms with van der Waals surface area (Å²) in [5.74, 6) is 1.41. The molecule has 0 aliphatic carbocycles. The lowest BCUT2D eigenvalue weighted by atomic mass is 10.1. The number of nitriles is 1. The molecule has 0 fully saturated rings. The van der Waals surface area contributed by atoms with Crippen LogP contribution in [0, 0.1) is 18.3 Å². The van der Waals surface area contributed by atoms with E-state index in [0.717, 1.165) is 28.4 Å². The van der Waals surface area contributed by atoms with E-state index in [1.807, 2.05) is 48.0 Å². The molecule has 0 bridgehead atoms. The third kappa shape index (κ3) is 1.72. The Morgan fingerprint density at radius 3 is 2.81 bits per heavy atom. The predicted octanol–water partition coefficient (Wildman–Crippen LogP) is 3.83. The van der Waals surface area contributed by atoms with Crippen molar-refractivity contribution >= 4 is 0 Å². The summed E-state index contributed by atoms with van der Waals surface area (Å²) in [6.45, 7) is 1.97. The molecule has 1 aromatic heterocycles. The Morgan fingerprint density at radius 1 is 1.10 bits per heavy atom. The van der Waals surface area contributed by atoms with Gasteiger partial charge < -0.3 is 4.74 Å². The second-order valence-electron chi connectivity index (χ2n) is 4.98. The van der Waals surface area contributed by atoms with E-state index in [9.17, 15) is 0 Å². The highest BCUT2D eigenvalue weighted by Crippen LogP contribution is 2.41. The molecule has 100 valence electrons. The Balaban J connectivity index is 2.08. The normalized spacial score (nSPS) is 11.4. The Morgan fingerprint density at radius 2 is 1.95 bits per heavy atom. The third-order valence-corrected chi connectivity index (χ3v) is 3.53. The van der Waals surface area contributed by atoms with Crippen LogP contribution < -0.4 is 4.74 Å². The molecule has 1 aliphatic heterocycles. The zero-order valence-corrected chi connectivity index (χ0v) is 11.4. The number of benzene rings is 2. The van der Waals surface area contributed by atoms with Gasteiger partial charge in [-0.3, -0.25) is 0 Å². The molecule has 2 heterocycles. The molecule has 0 N–H and O–H groups in total. The summed E-state index contributed by atoms with van der Waals surface area (Å²) in [5.41, 5.74) is 4.34. The van der Waals surface area contributed by atoms with Crippen LogP contribution in [0.1, 0.15) is 11.3 Å². The fourth-order valence-electron chi connectivity index (χ4n) is 2.60. The SMILES string of the molecule is Cc1cc2n(n1)-c1ccc(C#N)cc1Oc1ccccc1-2. The van der Waals surface area contributed by atoms with Crippen LogP contribution in [-0.2, 0) is 0 Å². The van der Waals surface area contributed by atoms with E-state index in [4.69, 9.17) is 10.00 Å². The van der Waals surface area contributed by atoms with Crippen molar-refractivity contribution < 1.29 is 4.74 Å². The van der Waals surface area contributed by atoms with Crippen LogP contribution in [0.25, 0.3) is 16.9 Å². The number of fused-ring (bicyclic) bond motifs is 5. The maximum Gasteiger partial charge on any atom is 0.154 e. The standard InChI is InChI=1S/C17H11N3O/c1-11-8-15-13-4-2-3-5-16(13)21-17-9-12(10-18)6-7-14(17)20(15)19-11/h2-9H,1H3. The summed E-state index contributed by atoms with van der Waals surface area (Å²) in [4.78, 5) is 0. The van der Waals surface area contributed by atoms with E-state index in [0.29, 0.717) is 11.3 Å². The smallest absolute Gasteiger partial charge is 0.154 e. The van der Waals surface area contributed by atoms with Crippen molar-refractivity contribution in [3.8, 4) is 34.5 Å². The van der Waals surface area contributed by atoms with Crippen molar-refractivity contribution in [1.82, 2.24) is 9.78 Å². The van der Waals surface area contributed by atoms with Gasteiger partial charge in [0.1, 0.15) is 11.4 Å². The van der Waals surface area contributed by atoms with Crippen molar-refractivity contribution in [3.05, 3.63) is 59.8 Å². The van der Waals surface area contributed by atoms with Crippen LogP contribution in [0.15, 0.2) is 48.5 Å². The van der Waals surface area contributed by atoms with Crippen molar-refractivity contribution in [2.24, 2.45) is 0 Å². The van der Waals surface area contributed by atoms with Gasteiger partial charge in [0.15, 0.2) is 5.75 Å². The lowest BCUT2D eigenvalue weighted by Gasteiger charge is -2.08. The molecule has 0 unspecified atom stereocenters. The zero-order valence-electron chi connectivity index (χ0n) is 11.4. The highest BCUT2D eigenvalue weighted by molar-refractivity contribution is 5.73. The molecule has 2 aromatic carbocycles. The Bertz CT molecular complexity index is 903. The van der Waals surface area contributed by atoms with Gasteiger partial charge in [0, 0.05) is 11.6 Å². The number of para-hydroxylation sites is 1. The Labute approximate surface area is 121 Å². The summed E-state index contributed by atoms with van der Waals surface area (Å²) in [6, 6.07) is 17.4. The van der Waals surface area contributed by atoms with E-state index in [1.165, 1.54) is 0 Å². The molecule has 0 spiro atoms. The minimum atomic E-state index is 0.568. The summed E-state index contributed by atoms with van der Waals surface area (Å²) < 4.78 is 7.89. The maximum atomic E-state index is 9.08. The quantitative estimate of drug-likeness (QED) is 0.489. The van der Waals surface area contributed by atoms with E-state index in [-0.39, 0.29) is 0 Å². The summed E-state index contributed by atoms with van der Waals surface area (Å²) in [7, 11) is 0. The number of hydrogen-bond acceptors (Lipinski definition) is 3. The predicted molar refractivity (Wildman–Crippen MR) is 78.5 cm³/mol. The lowest BCUT2D eigenvalue weighted by Crippen LogP contribution is -1.99. The summed E-state index contributed by atoms with van der Waals surface area (Å²) in [5, 5.41) is 13.6. The zero-order chi connectivity index (χ0) is 14.4. The first-order valence-corrected chi connectivity index (χ1v) is 6.65. The molecule has 21 heavy (non-hydrogen) atoms. The van der Waals surface area contributed by atoms with Crippen LogP contribution >= 0.6 is 0 Å². The molecule has 4 rings (SSSR count). The molecule has 0 amide bonds. The number of ether oxygens (including phenoxy) is 1. The second-order valence-corrected chi connectivity index (χ2v) is 4.98. The lowest BCUT2D eigenvalue weighted by molar-refractivity contribution is 0.484. The molecule has 0 atom stereocenters. The monoisotopic (exact) mass is 273 g/mol. The molecule has 1 aliphatic rings. The van der Waals surface area contributed by atoms with Gasteiger partial charge in [0.05, 0.1) is 23.0 Å². The van der Waals surface area contributed by atoms with Gasteiger partial charge in [-0.25, -0.2) is 4.68 Å². The van der Waals surface area contributed by atoms with Gasteiger partial charge >= 0.3 is 0 Å². The highest BCUT2D eigenvalue weighted by Gasteiger charge is 2.21. The molecule has 4 heteroatoms. The number of rotatable bonds is 0. The van der Waals surface area contributed by atoms with E-state index in [1.54, 1.807) is 12.1 Å². The molecule has 0 saturated heterocycles. The van der Waals surface area contributed by atoms with Crippen LogP contribution in [0.2, 0.25) is 0 Å². The van der Waals surface area contributed by atoms with E-state index >= 15 is 0 Å². The van der Waals surface area contributed by atoms with Crippen LogP contribution in [-0.4, -0.2) is 9.78 Å². The maximum absolute atomic E-state index is 9.08. The fraction of sp³-hybridized carbons (Fsp3) is 0.0588. The molecule has 0 saturated carbocycles. The Hall–Kier alpha value is -3.06. The van der Waals surface area contributed by atoms with E-state index in [2.05, 4.69) is 11.2 Å². The van der Waals surface area contributed by atoms with Gasteiger partial charge in [0.25, 0.3) is 0 Å². The van der Waals surface area contributed by atoms with Gasteiger partial charge in [-0.1, -0.05) is 12.1 Å². The van der Waals surface area contributed by atoms with E-state index < -0.39 is 0 Å². The first-order chi connectivity index (χ1) is 10.3. The molecular formula is C17H11N3O. The molecule has 3 aromatic rings. The number of aryl methyl sites for hydroxylation is 1. The largest absolute Gasteiger partial charge is 0.454 e. The molecule has 4 nitrogen and oxygen atoms in total. The summed E-state index contributed by atoms with van der Waals surface area (Å²) >= 11 is 0. The number of nitrogens with zero attached hydrogens (tertiary/aromatic N) is 3. The van der Waals surface area contributed by atoms with Crippen LogP contribution in [0.5, 0.6) is 11.5 Å². The Kier molecular flexibility index (Phi) is 2.36. The highest BCUT2D eigenvalue weighted by atomic mass is 16.5. The first-order valence-electron chi connectivity index (χ1n) is 6.65. The van der Waals surface area contributed by atoms with Gasteiger partial charge in [-0.15, -0.1) is 0 Å². The van der Waals surface area contributed by atoms with Crippen molar-refractivity contribution in [3.63, 3.8) is 0 Å². The van der Waals surface area contributed by atoms with Crippen LogP contribution in [0.4, 0.5) is 0 Å². The van der Waals surface area contributed by atoms with Gasteiger partial charge in [-0.2, -0.15) is 10.4 Å². The molecule has 0 radical (unpaired) electrons. The van der Waals surface area contributed by atoms with Crippen molar-refractivity contribution in [1.29, 1.82) is 5.26 Å². The number of aromatic nitrogens is 2. The summed E-state index contributed by atoms with van der Waals surface area (Å²) in [6.07, 6.45) is 0. The third-order valence-electron chi connectivity index (χ3n) is 3.53. The van der Waals surface area contributed by atoms with Gasteiger partial charge in [-0.05, 0) is 37.3 Å². The van der Waals surface area contributed by atoms with Crippen molar-refractivity contribution in [2.45, 2.75) is 6.92 Å². The topological polar surface area (TPSA) is 50.8 Å².